The van der Waals surface area contributed by atoms with Gasteiger partial charge in [-0.25, -0.2) is 9.97 Å². The predicted molar refractivity (Wildman–Crippen MR) is 103 cm³/mol. The first-order chi connectivity index (χ1) is 14.4. The number of ether oxygens (including phenoxy) is 1. The summed E-state index contributed by atoms with van der Waals surface area (Å²) < 4.78 is 43.5. The van der Waals surface area contributed by atoms with Crippen LogP contribution in [0.15, 0.2) is 42.2 Å². The van der Waals surface area contributed by atoms with Crippen LogP contribution in [0.25, 0.3) is 0 Å². The third-order valence-corrected chi connectivity index (χ3v) is 5.02. The Hall–Kier alpha value is -3.28. The van der Waals surface area contributed by atoms with Crippen LogP contribution in [-0.2, 0) is 6.18 Å². The molecule has 0 saturated carbocycles. The van der Waals surface area contributed by atoms with E-state index in [1.807, 2.05) is 4.90 Å². The third kappa shape index (κ3) is 4.64. The van der Waals surface area contributed by atoms with Crippen molar-refractivity contribution >= 4 is 28.2 Å². The molecule has 1 N–H and O–H groups in total. The first-order valence-electron chi connectivity index (χ1n) is 8.87. The van der Waals surface area contributed by atoms with Gasteiger partial charge in [0.2, 0.25) is 11.0 Å². The van der Waals surface area contributed by atoms with Crippen molar-refractivity contribution in [2.75, 3.05) is 23.3 Å². The molecule has 1 aliphatic rings. The van der Waals surface area contributed by atoms with Crippen LogP contribution in [0.2, 0.25) is 0 Å². The number of aromatic nitrogens is 4. The van der Waals surface area contributed by atoms with E-state index in [-0.39, 0.29) is 17.9 Å². The fourth-order valence-electron chi connectivity index (χ4n) is 2.93. The first-order valence-corrected chi connectivity index (χ1v) is 9.75. The topological polar surface area (TPSA) is 93.1 Å². The van der Waals surface area contributed by atoms with Crippen LogP contribution >= 0.6 is 11.3 Å². The van der Waals surface area contributed by atoms with E-state index in [9.17, 15) is 18.0 Å². The number of halogens is 3. The standard InChI is InChI=1S/C18H15F3N6O2S/c19-18(20,21)12-2-4-15(23-8-12)29-13-5-6-27(9-13)14-3-1-11(7-22-14)16(28)25-17-26-24-10-30-17/h1-4,7-8,10,13H,5-6,9H2,(H,25,26,28). The molecule has 156 valence electrons. The van der Waals surface area contributed by atoms with E-state index in [1.165, 1.54) is 29.1 Å². The summed E-state index contributed by atoms with van der Waals surface area (Å²) in [5.41, 5.74) is 1.08. The van der Waals surface area contributed by atoms with Gasteiger partial charge in [0, 0.05) is 31.4 Å². The van der Waals surface area contributed by atoms with E-state index in [2.05, 4.69) is 25.5 Å². The Morgan fingerprint density at radius 1 is 1.20 bits per heavy atom. The molecular weight excluding hydrogens is 421 g/mol. The summed E-state index contributed by atoms with van der Waals surface area (Å²) in [5, 5.41) is 10.4. The normalized spacial score (nSPS) is 16.5. The number of nitrogens with one attached hydrogen (secondary N) is 1. The minimum absolute atomic E-state index is 0.145. The summed E-state index contributed by atoms with van der Waals surface area (Å²) in [6.45, 7) is 1.17. The monoisotopic (exact) mass is 436 g/mol. The summed E-state index contributed by atoms with van der Waals surface area (Å²) in [6.07, 6.45) is -1.76. The number of carbonyl (C=O) groups is 1. The minimum atomic E-state index is -4.43. The quantitative estimate of drug-likeness (QED) is 0.656. The number of alkyl halides is 3. The van der Waals surface area contributed by atoms with Gasteiger partial charge >= 0.3 is 6.18 Å². The average Bonchev–Trinajstić information content (AvgIpc) is 3.40. The van der Waals surface area contributed by atoms with Crippen molar-refractivity contribution < 1.29 is 22.7 Å². The van der Waals surface area contributed by atoms with E-state index >= 15 is 0 Å². The molecule has 0 aliphatic carbocycles. The molecule has 1 unspecified atom stereocenters. The highest BCUT2D eigenvalue weighted by atomic mass is 32.1. The number of nitrogens with zero attached hydrogens (tertiary/aromatic N) is 5. The Bertz CT molecular complexity index is 996. The van der Waals surface area contributed by atoms with Crippen molar-refractivity contribution in [3.63, 3.8) is 0 Å². The van der Waals surface area contributed by atoms with Crippen molar-refractivity contribution in [2.24, 2.45) is 0 Å². The van der Waals surface area contributed by atoms with E-state index in [4.69, 9.17) is 4.74 Å². The third-order valence-electron chi connectivity index (χ3n) is 4.41. The molecule has 0 bridgehead atoms. The molecular formula is C18H15F3N6O2S. The van der Waals surface area contributed by atoms with Crippen molar-refractivity contribution in [3.05, 3.63) is 53.3 Å². The molecule has 1 aliphatic heterocycles. The van der Waals surface area contributed by atoms with Crippen molar-refractivity contribution in [2.45, 2.75) is 18.7 Å². The van der Waals surface area contributed by atoms with Gasteiger partial charge in [-0.2, -0.15) is 13.2 Å². The second kappa shape index (κ2) is 8.22. The molecule has 8 nitrogen and oxygen atoms in total. The fraction of sp³-hybridized carbons (Fsp3) is 0.278. The van der Waals surface area contributed by atoms with Crippen LogP contribution < -0.4 is 15.0 Å². The van der Waals surface area contributed by atoms with Gasteiger partial charge in [-0.15, -0.1) is 10.2 Å². The lowest BCUT2D eigenvalue weighted by Gasteiger charge is -2.18. The Morgan fingerprint density at radius 2 is 2.07 bits per heavy atom. The Balaban J connectivity index is 1.33. The average molecular weight is 436 g/mol. The molecule has 3 aromatic heterocycles. The number of hydrogen-bond acceptors (Lipinski definition) is 8. The number of pyridine rings is 2. The lowest BCUT2D eigenvalue weighted by molar-refractivity contribution is -0.137. The molecule has 1 atom stereocenters. The zero-order chi connectivity index (χ0) is 21.1. The summed E-state index contributed by atoms with van der Waals surface area (Å²) in [6, 6.07) is 5.55. The van der Waals surface area contributed by atoms with Gasteiger partial charge in [-0.3, -0.25) is 10.1 Å². The van der Waals surface area contributed by atoms with Crippen molar-refractivity contribution in [3.8, 4) is 5.88 Å². The van der Waals surface area contributed by atoms with Gasteiger partial charge in [0.1, 0.15) is 17.4 Å². The van der Waals surface area contributed by atoms with Crippen LogP contribution in [0.1, 0.15) is 22.3 Å². The van der Waals surface area contributed by atoms with Crippen LogP contribution in [-0.4, -0.2) is 45.3 Å². The second-order valence-corrected chi connectivity index (χ2v) is 7.29. The number of rotatable bonds is 5. The van der Waals surface area contributed by atoms with E-state index < -0.39 is 11.7 Å². The molecule has 1 saturated heterocycles. The van der Waals surface area contributed by atoms with Gasteiger partial charge in [0.15, 0.2) is 0 Å². The van der Waals surface area contributed by atoms with Crippen LogP contribution in [0.4, 0.5) is 24.1 Å². The minimum Gasteiger partial charge on any atom is -0.472 e. The maximum absolute atomic E-state index is 12.6. The molecule has 30 heavy (non-hydrogen) atoms. The summed E-state index contributed by atoms with van der Waals surface area (Å²) in [5.74, 6) is 0.488. The smallest absolute Gasteiger partial charge is 0.417 e. The highest BCUT2D eigenvalue weighted by Gasteiger charge is 2.31. The fourth-order valence-corrected chi connectivity index (χ4v) is 3.37. The molecule has 4 heterocycles. The Kier molecular flexibility index (Phi) is 5.48. The SMILES string of the molecule is O=C(Nc1nncs1)c1ccc(N2CCC(Oc3ccc(C(F)(F)F)cn3)C2)nc1. The Labute approximate surface area is 172 Å². The molecule has 3 aromatic rings. The van der Waals surface area contributed by atoms with E-state index in [1.54, 1.807) is 12.1 Å². The second-order valence-electron chi connectivity index (χ2n) is 6.46. The van der Waals surface area contributed by atoms with Crippen LogP contribution in [0.3, 0.4) is 0 Å². The maximum Gasteiger partial charge on any atom is 0.417 e. The molecule has 0 aromatic carbocycles. The summed E-state index contributed by atoms with van der Waals surface area (Å²) in [4.78, 5) is 22.2. The molecule has 1 fully saturated rings. The molecule has 1 amide bonds. The number of amides is 1. The maximum atomic E-state index is 12.6. The number of hydrogen-bond donors (Lipinski definition) is 1. The molecule has 0 radical (unpaired) electrons. The van der Waals surface area contributed by atoms with E-state index in [0.717, 1.165) is 12.3 Å². The lowest BCUT2D eigenvalue weighted by atomic mass is 10.2. The molecule has 4 rings (SSSR count). The van der Waals surface area contributed by atoms with Gasteiger partial charge in [0.05, 0.1) is 17.7 Å². The lowest BCUT2D eigenvalue weighted by Crippen LogP contribution is -2.25. The zero-order valence-corrected chi connectivity index (χ0v) is 16.2. The molecule has 0 spiro atoms. The van der Waals surface area contributed by atoms with Crippen LogP contribution in [0.5, 0.6) is 5.88 Å². The van der Waals surface area contributed by atoms with Gasteiger partial charge in [-0.1, -0.05) is 11.3 Å². The highest BCUT2D eigenvalue weighted by Crippen LogP contribution is 2.29. The van der Waals surface area contributed by atoms with Crippen molar-refractivity contribution in [1.29, 1.82) is 0 Å². The highest BCUT2D eigenvalue weighted by molar-refractivity contribution is 7.13. The van der Waals surface area contributed by atoms with Crippen molar-refractivity contribution in [1.82, 2.24) is 20.2 Å². The van der Waals surface area contributed by atoms with Gasteiger partial charge in [0.25, 0.3) is 5.91 Å². The summed E-state index contributed by atoms with van der Waals surface area (Å²) in [7, 11) is 0. The zero-order valence-electron chi connectivity index (χ0n) is 15.3. The number of anilines is 2. The molecule has 12 heteroatoms. The largest absolute Gasteiger partial charge is 0.472 e. The number of carbonyl (C=O) groups excluding carboxylic acids is 1. The van der Waals surface area contributed by atoms with Crippen LogP contribution in [0, 0.1) is 0 Å². The first kappa shape index (κ1) is 20.0. The Morgan fingerprint density at radius 3 is 2.70 bits per heavy atom. The van der Waals surface area contributed by atoms with Gasteiger partial charge < -0.3 is 9.64 Å². The van der Waals surface area contributed by atoms with Gasteiger partial charge in [-0.05, 0) is 18.2 Å². The predicted octanol–water partition coefficient (Wildman–Crippen LogP) is 3.26. The van der Waals surface area contributed by atoms with E-state index in [0.29, 0.717) is 36.0 Å². The summed E-state index contributed by atoms with van der Waals surface area (Å²) >= 11 is 1.21.